The van der Waals surface area contributed by atoms with Gasteiger partial charge in [-0.05, 0) is 23.3 Å². The summed E-state index contributed by atoms with van der Waals surface area (Å²) in [5.74, 6) is 0. The number of hydrogen-bond donors (Lipinski definition) is 0. The summed E-state index contributed by atoms with van der Waals surface area (Å²) in [4.78, 5) is 2.11. The molecule has 0 amide bonds. The number of pyridine rings is 1. The van der Waals surface area contributed by atoms with Crippen molar-refractivity contribution in [3.05, 3.63) is 59.9 Å². The smallest absolute Gasteiger partial charge is 0.169 e. The molecule has 0 aliphatic rings. The molecule has 2 nitrogen and oxygen atoms in total. The molecule has 0 N–H and O–H groups in total. The highest BCUT2D eigenvalue weighted by molar-refractivity contribution is 5.70. The van der Waals surface area contributed by atoms with Crippen LogP contribution in [0, 0.1) is 0 Å². The Morgan fingerprint density at radius 1 is 0.870 bits per heavy atom. The van der Waals surface area contributed by atoms with Crippen LogP contribution in [0.5, 0.6) is 0 Å². The first kappa shape index (κ1) is 19.0. The van der Waals surface area contributed by atoms with Crippen molar-refractivity contribution in [2.24, 2.45) is 0 Å². The zero-order chi connectivity index (χ0) is 17.1. The van der Waals surface area contributed by atoms with Gasteiger partial charge in [-0.15, -0.1) is 0 Å². The van der Waals surface area contributed by atoms with Crippen LogP contribution in [0.15, 0.2) is 48.8 Å². The first-order chi connectivity index (χ1) is 11.2. The van der Waals surface area contributed by atoms with Crippen LogP contribution in [0.1, 0.15) is 44.7 Å². The summed E-state index contributed by atoms with van der Waals surface area (Å²) < 4.78 is 2.24. The highest BCUT2D eigenvalue weighted by Gasteiger charge is 1.98. The third-order valence-electron chi connectivity index (χ3n) is 3.56. The molecule has 0 aliphatic carbocycles. The number of nitrogens with zero attached hydrogens (tertiary/aromatic N) is 2. The molecule has 1 heterocycles. The van der Waals surface area contributed by atoms with Crippen LogP contribution in [0.25, 0.3) is 12.2 Å². The number of aryl methyl sites for hydroxylation is 1. The predicted octanol–water partition coefficient (Wildman–Crippen LogP) is 5.04. The van der Waals surface area contributed by atoms with E-state index in [1.807, 2.05) is 13.8 Å². The van der Waals surface area contributed by atoms with Gasteiger partial charge < -0.3 is 4.90 Å². The Kier molecular flexibility index (Phi) is 8.74. The van der Waals surface area contributed by atoms with Crippen LogP contribution in [0.4, 0.5) is 5.69 Å². The standard InChI is InChI=1S/C19H25N2.C2H6/c1-4-5-14-21-15-12-18(13-16-21)7-6-17-8-10-19(11-9-17)20(2)3;1-2/h6-13,15-16H,4-5,14H2,1-3H3;1-2H3/q+1;. The van der Waals surface area contributed by atoms with Gasteiger partial charge in [-0.2, -0.15) is 0 Å². The Hall–Kier alpha value is -2.09. The average Bonchev–Trinajstić information content (AvgIpc) is 2.61. The lowest BCUT2D eigenvalue weighted by Gasteiger charge is -2.11. The van der Waals surface area contributed by atoms with Gasteiger partial charge in [-0.25, -0.2) is 4.57 Å². The summed E-state index contributed by atoms with van der Waals surface area (Å²) in [6, 6.07) is 12.9. The first-order valence-electron chi connectivity index (χ1n) is 8.63. The molecule has 0 spiro atoms. The van der Waals surface area contributed by atoms with E-state index in [0.717, 1.165) is 6.54 Å². The molecule has 1 aromatic carbocycles. The van der Waals surface area contributed by atoms with E-state index in [0.29, 0.717) is 0 Å². The lowest BCUT2D eigenvalue weighted by Crippen LogP contribution is -2.32. The summed E-state index contributed by atoms with van der Waals surface area (Å²) in [5.41, 5.74) is 3.69. The van der Waals surface area contributed by atoms with E-state index >= 15 is 0 Å². The van der Waals surface area contributed by atoms with Crippen LogP contribution in [-0.4, -0.2) is 14.1 Å². The minimum atomic E-state index is 1.10. The second-order valence-corrected chi connectivity index (χ2v) is 5.54. The van der Waals surface area contributed by atoms with Gasteiger partial charge in [0.15, 0.2) is 12.4 Å². The van der Waals surface area contributed by atoms with Gasteiger partial charge >= 0.3 is 0 Å². The van der Waals surface area contributed by atoms with Crippen molar-refractivity contribution in [1.29, 1.82) is 0 Å². The minimum absolute atomic E-state index is 1.10. The van der Waals surface area contributed by atoms with Crippen molar-refractivity contribution >= 4 is 17.8 Å². The molecule has 0 aliphatic heterocycles. The quantitative estimate of drug-likeness (QED) is 0.678. The van der Waals surface area contributed by atoms with Crippen molar-refractivity contribution in [2.45, 2.75) is 40.2 Å². The van der Waals surface area contributed by atoms with Crippen molar-refractivity contribution in [1.82, 2.24) is 0 Å². The van der Waals surface area contributed by atoms with Crippen LogP contribution in [-0.2, 0) is 6.54 Å². The first-order valence-corrected chi connectivity index (χ1v) is 8.63. The van der Waals surface area contributed by atoms with Crippen LogP contribution in [0.2, 0.25) is 0 Å². The molecule has 0 unspecified atom stereocenters. The van der Waals surface area contributed by atoms with Gasteiger partial charge in [0.05, 0.1) is 0 Å². The van der Waals surface area contributed by atoms with E-state index < -0.39 is 0 Å². The number of aromatic nitrogens is 1. The molecule has 23 heavy (non-hydrogen) atoms. The number of unbranched alkanes of at least 4 members (excludes halogenated alkanes) is 1. The molecular formula is C21H31N2+. The van der Waals surface area contributed by atoms with E-state index in [1.54, 1.807) is 0 Å². The molecule has 124 valence electrons. The van der Waals surface area contributed by atoms with E-state index in [-0.39, 0.29) is 0 Å². The molecule has 2 rings (SSSR count). The Bertz CT molecular complexity index is 566. The van der Waals surface area contributed by atoms with Crippen LogP contribution >= 0.6 is 0 Å². The predicted molar refractivity (Wildman–Crippen MR) is 103 cm³/mol. The summed E-state index contributed by atoms with van der Waals surface area (Å²) in [5, 5.41) is 0. The molecule has 0 saturated carbocycles. The van der Waals surface area contributed by atoms with Crippen molar-refractivity contribution in [3.63, 3.8) is 0 Å². The molecule has 2 heteroatoms. The fourth-order valence-electron chi connectivity index (χ4n) is 2.15. The van der Waals surface area contributed by atoms with Gasteiger partial charge in [0.2, 0.25) is 0 Å². The largest absolute Gasteiger partial charge is 0.378 e. The van der Waals surface area contributed by atoms with Gasteiger partial charge in [0.1, 0.15) is 6.54 Å². The Morgan fingerprint density at radius 3 is 1.87 bits per heavy atom. The Labute approximate surface area is 142 Å². The Balaban J connectivity index is 0.00000127. The maximum Gasteiger partial charge on any atom is 0.169 e. The Morgan fingerprint density at radius 2 is 1.39 bits per heavy atom. The fourth-order valence-corrected chi connectivity index (χ4v) is 2.15. The molecule has 0 atom stereocenters. The second-order valence-electron chi connectivity index (χ2n) is 5.54. The lowest BCUT2D eigenvalue weighted by molar-refractivity contribution is -0.697. The van der Waals surface area contributed by atoms with Crippen LogP contribution in [0.3, 0.4) is 0 Å². The SMILES string of the molecule is CC.CCCC[n+]1ccc(/C=C/c2ccc(N(C)C)cc2)cc1. The topological polar surface area (TPSA) is 7.12 Å². The van der Waals surface area contributed by atoms with E-state index in [1.165, 1.54) is 29.7 Å². The monoisotopic (exact) mass is 311 g/mol. The highest BCUT2D eigenvalue weighted by atomic mass is 15.1. The summed E-state index contributed by atoms with van der Waals surface area (Å²) in [6.07, 6.45) is 11.1. The maximum atomic E-state index is 2.24. The fraction of sp³-hybridized carbons (Fsp3) is 0.381. The summed E-state index contributed by atoms with van der Waals surface area (Å²) in [7, 11) is 4.12. The molecule has 0 bridgehead atoms. The van der Waals surface area contributed by atoms with Crippen molar-refractivity contribution < 1.29 is 4.57 Å². The van der Waals surface area contributed by atoms with Crippen LogP contribution < -0.4 is 9.47 Å². The molecule has 1 aromatic heterocycles. The van der Waals surface area contributed by atoms with E-state index in [9.17, 15) is 0 Å². The second kappa shape index (κ2) is 10.6. The zero-order valence-corrected chi connectivity index (χ0v) is 15.3. The number of hydrogen-bond acceptors (Lipinski definition) is 1. The number of anilines is 1. The molecule has 2 aromatic rings. The third kappa shape index (κ3) is 6.68. The maximum absolute atomic E-state index is 2.24. The van der Waals surface area contributed by atoms with E-state index in [4.69, 9.17) is 0 Å². The third-order valence-corrected chi connectivity index (χ3v) is 3.56. The van der Waals surface area contributed by atoms with Gasteiger partial charge in [0.25, 0.3) is 0 Å². The molecule has 0 saturated heterocycles. The van der Waals surface area contributed by atoms with Crippen molar-refractivity contribution in [3.8, 4) is 0 Å². The molecular weight excluding hydrogens is 280 g/mol. The van der Waals surface area contributed by atoms with E-state index in [2.05, 4.69) is 91.4 Å². The number of rotatable bonds is 6. The molecule has 0 radical (unpaired) electrons. The molecule has 0 fully saturated rings. The zero-order valence-electron chi connectivity index (χ0n) is 15.3. The van der Waals surface area contributed by atoms with Gasteiger partial charge in [-0.1, -0.05) is 51.5 Å². The average molecular weight is 311 g/mol. The minimum Gasteiger partial charge on any atom is -0.378 e. The summed E-state index contributed by atoms with van der Waals surface area (Å²) in [6.45, 7) is 7.33. The number of benzene rings is 1. The highest BCUT2D eigenvalue weighted by Crippen LogP contribution is 2.14. The van der Waals surface area contributed by atoms with Gasteiger partial charge in [-0.3, -0.25) is 0 Å². The lowest BCUT2D eigenvalue weighted by atomic mass is 10.1. The summed E-state index contributed by atoms with van der Waals surface area (Å²) >= 11 is 0. The normalized spacial score (nSPS) is 10.3. The van der Waals surface area contributed by atoms with Crippen molar-refractivity contribution in [2.75, 3.05) is 19.0 Å². The van der Waals surface area contributed by atoms with Gasteiger partial charge in [0, 0.05) is 38.3 Å².